The molecule has 1 aliphatic carbocycles. The molecule has 0 spiro atoms. The molecule has 9 heteroatoms. The summed E-state index contributed by atoms with van der Waals surface area (Å²) in [5, 5.41) is 9.39. The van der Waals surface area contributed by atoms with Crippen molar-refractivity contribution < 1.29 is 12.8 Å². The van der Waals surface area contributed by atoms with Crippen molar-refractivity contribution >= 4 is 10.0 Å². The molecule has 8 nitrogen and oxygen atoms in total. The fraction of sp³-hybridized carbons (Fsp3) is 0.455. The van der Waals surface area contributed by atoms with E-state index in [0.29, 0.717) is 24.2 Å². The third-order valence-corrected chi connectivity index (χ3v) is 4.21. The first-order valence-corrected chi connectivity index (χ1v) is 7.78. The SMILES string of the molecule is O=S(=O)(NCc1ncn[nH]1)c1ccc(CNC2CC2)o1. The lowest BCUT2D eigenvalue weighted by Crippen LogP contribution is -2.23. The number of nitrogens with zero attached hydrogens (tertiary/aromatic N) is 2. The number of H-pyrrole nitrogens is 1. The van der Waals surface area contributed by atoms with Crippen molar-refractivity contribution in [1.29, 1.82) is 0 Å². The van der Waals surface area contributed by atoms with Gasteiger partial charge in [-0.05, 0) is 25.0 Å². The second-order valence-electron chi connectivity index (χ2n) is 4.63. The van der Waals surface area contributed by atoms with Gasteiger partial charge in [-0.2, -0.15) is 5.10 Å². The van der Waals surface area contributed by atoms with Crippen LogP contribution in [0.3, 0.4) is 0 Å². The highest BCUT2D eigenvalue weighted by atomic mass is 32.2. The number of nitrogens with one attached hydrogen (secondary N) is 3. The van der Waals surface area contributed by atoms with Gasteiger partial charge in [0.2, 0.25) is 5.09 Å². The van der Waals surface area contributed by atoms with Crippen LogP contribution >= 0.6 is 0 Å². The van der Waals surface area contributed by atoms with Gasteiger partial charge in [-0.15, -0.1) is 0 Å². The van der Waals surface area contributed by atoms with E-state index in [1.807, 2.05) is 0 Å². The highest BCUT2D eigenvalue weighted by Gasteiger charge is 2.22. The van der Waals surface area contributed by atoms with E-state index >= 15 is 0 Å². The van der Waals surface area contributed by atoms with Gasteiger partial charge in [-0.3, -0.25) is 5.10 Å². The fourth-order valence-electron chi connectivity index (χ4n) is 1.68. The molecule has 0 aromatic carbocycles. The molecular formula is C11H15N5O3S. The van der Waals surface area contributed by atoms with Gasteiger partial charge in [-0.1, -0.05) is 0 Å². The van der Waals surface area contributed by atoms with Crippen LogP contribution in [0, 0.1) is 0 Å². The van der Waals surface area contributed by atoms with Crippen LogP contribution in [-0.4, -0.2) is 29.6 Å². The molecule has 0 unspecified atom stereocenters. The minimum absolute atomic E-state index is 0.0404. The first-order chi connectivity index (χ1) is 9.63. The lowest BCUT2D eigenvalue weighted by Gasteiger charge is -2.02. The smallest absolute Gasteiger partial charge is 0.274 e. The van der Waals surface area contributed by atoms with Crippen molar-refractivity contribution in [3.8, 4) is 0 Å². The van der Waals surface area contributed by atoms with Crippen molar-refractivity contribution in [1.82, 2.24) is 25.2 Å². The van der Waals surface area contributed by atoms with Crippen LogP contribution in [-0.2, 0) is 23.1 Å². The maximum absolute atomic E-state index is 12.0. The van der Waals surface area contributed by atoms with E-state index in [4.69, 9.17) is 4.42 Å². The molecule has 2 aromatic rings. The monoisotopic (exact) mass is 297 g/mol. The largest absolute Gasteiger partial charge is 0.447 e. The highest BCUT2D eigenvalue weighted by Crippen LogP contribution is 2.20. The summed E-state index contributed by atoms with van der Waals surface area (Å²) >= 11 is 0. The molecule has 108 valence electrons. The molecule has 0 saturated heterocycles. The van der Waals surface area contributed by atoms with Crippen molar-refractivity contribution in [3.05, 3.63) is 30.0 Å². The Kier molecular flexibility index (Phi) is 3.55. The van der Waals surface area contributed by atoms with E-state index in [1.54, 1.807) is 6.07 Å². The molecule has 0 bridgehead atoms. The van der Waals surface area contributed by atoms with Gasteiger partial charge in [0.25, 0.3) is 10.0 Å². The van der Waals surface area contributed by atoms with Gasteiger partial charge in [0, 0.05) is 6.04 Å². The molecule has 3 N–H and O–H groups in total. The van der Waals surface area contributed by atoms with Crippen LogP contribution in [0.25, 0.3) is 0 Å². The number of aromatic amines is 1. The van der Waals surface area contributed by atoms with Crippen molar-refractivity contribution in [2.45, 2.75) is 37.1 Å². The van der Waals surface area contributed by atoms with Crippen LogP contribution in [0.2, 0.25) is 0 Å². The number of hydrogen-bond donors (Lipinski definition) is 3. The number of rotatable bonds is 7. The highest BCUT2D eigenvalue weighted by molar-refractivity contribution is 7.89. The molecule has 1 saturated carbocycles. The molecule has 1 fully saturated rings. The maximum Gasteiger partial charge on any atom is 0.274 e. The summed E-state index contributed by atoms with van der Waals surface area (Å²) in [5.41, 5.74) is 0. The van der Waals surface area contributed by atoms with E-state index < -0.39 is 10.0 Å². The second-order valence-corrected chi connectivity index (χ2v) is 6.33. The van der Waals surface area contributed by atoms with Crippen LogP contribution in [0.4, 0.5) is 0 Å². The lowest BCUT2D eigenvalue weighted by atomic mass is 10.4. The Balaban J connectivity index is 1.61. The van der Waals surface area contributed by atoms with Crippen LogP contribution in [0.5, 0.6) is 0 Å². The topological polar surface area (TPSA) is 113 Å². The van der Waals surface area contributed by atoms with E-state index in [9.17, 15) is 8.42 Å². The molecular weight excluding hydrogens is 282 g/mol. The summed E-state index contributed by atoms with van der Waals surface area (Å²) in [6.45, 7) is 0.584. The Morgan fingerprint density at radius 3 is 2.90 bits per heavy atom. The van der Waals surface area contributed by atoms with E-state index in [1.165, 1.54) is 25.2 Å². The molecule has 0 aliphatic heterocycles. The Morgan fingerprint density at radius 1 is 1.35 bits per heavy atom. The first kappa shape index (κ1) is 13.3. The maximum atomic E-state index is 12.0. The third kappa shape index (κ3) is 3.24. The van der Waals surface area contributed by atoms with Crippen molar-refractivity contribution in [3.63, 3.8) is 0 Å². The lowest BCUT2D eigenvalue weighted by molar-refractivity contribution is 0.399. The number of sulfonamides is 1. The molecule has 0 amide bonds. The average molecular weight is 297 g/mol. The Bertz CT molecular complexity index is 660. The molecule has 1 aliphatic rings. The zero-order valence-electron chi connectivity index (χ0n) is 10.7. The number of hydrogen-bond acceptors (Lipinski definition) is 6. The van der Waals surface area contributed by atoms with Crippen LogP contribution in [0.1, 0.15) is 24.4 Å². The minimum Gasteiger partial charge on any atom is -0.447 e. The summed E-state index contributed by atoms with van der Waals surface area (Å²) in [7, 11) is -3.67. The van der Waals surface area contributed by atoms with E-state index in [-0.39, 0.29) is 11.6 Å². The normalized spacial score (nSPS) is 15.6. The predicted octanol–water partition coefficient (Wildman–Crippen LogP) is 0.128. The molecule has 20 heavy (non-hydrogen) atoms. The zero-order chi connectivity index (χ0) is 14.0. The van der Waals surface area contributed by atoms with Gasteiger partial charge in [-0.25, -0.2) is 18.1 Å². The Hall–Kier alpha value is -1.71. The fourth-order valence-corrected chi connectivity index (χ4v) is 2.61. The second kappa shape index (κ2) is 5.35. The summed E-state index contributed by atoms with van der Waals surface area (Å²) in [4.78, 5) is 3.84. The van der Waals surface area contributed by atoms with Crippen molar-refractivity contribution in [2.24, 2.45) is 0 Å². The van der Waals surface area contributed by atoms with E-state index in [2.05, 4.69) is 25.2 Å². The molecule has 0 radical (unpaired) electrons. The average Bonchev–Trinajstić information content (AvgIpc) is 2.94. The molecule has 2 aromatic heterocycles. The summed E-state index contributed by atoms with van der Waals surface area (Å²) in [6, 6.07) is 3.66. The molecule has 0 atom stereocenters. The quantitative estimate of drug-likeness (QED) is 0.669. The first-order valence-electron chi connectivity index (χ1n) is 6.29. The zero-order valence-corrected chi connectivity index (χ0v) is 11.5. The van der Waals surface area contributed by atoms with Gasteiger partial charge >= 0.3 is 0 Å². The van der Waals surface area contributed by atoms with Gasteiger partial charge < -0.3 is 9.73 Å². The Labute approximate surface area is 116 Å². The number of furan rings is 1. The third-order valence-electron chi connectivity index (χ3n) is 2.94. The summed E-state index contributed by atoms with van der Waals surface area (Å²) < 4.78 is 31.7. The van der Waals surface area contributed by atoms with Gasteiger partial charge in [0.05, 0.1) is 13.1 Å². The molecule has 3 rings (SSSR count). The van der Waals surface area contributed by atoms with Gasteiger partial charge in [0.1, 0.15) is 17.9 Å². The standard InChI is InChI=1S/C11H15N5O3S/c17-20(18,15-6-10-13-7-14-16-10)11-4-3-9(19-11)5-12-8-1-2-8/h3-4,7-8,12,15H,1-2,5-6H2,(H,13,14,16). The molecule has 2 heterocycles. The summed E-state index contributed by atoms with van der Waals surface area (Å²) in [6.07, 6.45) is 3.66. The van der Waals surface area contributed by atoms with Crippen molar-refractivity contribution in [2.75, 3.05) is 0 Å². The predicted molar refractivity (Wildman–Crippen MR) is 69.0 cm³/mol. The van der Waals surface area contributed by atoms with Crippen LogP contribution < -0.4 is 10.0 Å². The van der Waals surface area contributed by atoms with E-state index in [0.717, 1.165) is 0 Å². The minimum atomic E-state index is -3.67. The number of aromatic nitrogens is 3. The Morgan fingerprint density at radius 2 is 2.20 bits per heavy atom. The van der Waals surface area contributed by atoms with Gasteiger partial charge in [0.15, 0.2) is 0 Å². The van der Waals surface area contributed by atoms with Crippen LogP contribution in [0.15, 0.2) is 28.0 Å². The summed E-state index contributed by atoms with van der Waals surface area (Å²) in [5.74, 6) is 1.05.